The second-order valence-electron chi connectivity index (χ2n) is 11.0. The zero-order valence-corrected chi connectivity index (χ0v) is 23.4. The minimum absolute atomic E-state index is 0.123. The number of sulfone groups is 1. The highest BCUT2D eigenvalue weighted by atomic mass is 32.2. The lowest BCUT2D eigenvalue weighted by Crippen LogP contribution is -2.19. The van der Waals surface area contributed by atoms with E-state index in [1.165, 1.54) is 0 Å². The van der Waals surface area contributed by atoms with Gasteiger partial charge in [-0.1, -0.05) is 60.7 Å². The summed E-state index contributed by atoms with van der Waals surface area (Å²) in [6.07, 6.45) is -1.11. The van der Waals surface area contributed by atoms with E-state index in [-0.39, 0.29) is 9.79 Å². The number of hydrogen-bond donors (Lipinski definition) is 1. The summed E-state index contributed by atoms with van der Waals surface area (Å²) >= 11 is 0. The number of aliphatic hydroxyl groups is 1. The fraction of sp³-hybridized carbons (Fsp3) is 0.0270. The predicted octanol–water partition coefficient (Wildman–Crippen LogP) is 9.05. The number of para-hydroxylation sites is 2. The van der Waals surface area contributed by atoms with Crippen LogP contribution >= 0.6 is 0 Å². The Bertz CT molecular complexity index is 2380. The van der Waals surface area contributed by atoms with Gasteiger partial charge in [0.15, 0.2) is 0 Å². The molecule has 5 nitrogen and oxygen atoms in total. The molecule has 0 saturated carbocycles. The van der Waals surface area contributed by atoms with Crippen molar-refractivity contribution in [2.24, 2.45) is 0 Å². The number of aliphatic hydroxyl groups excluding tert-OH is 1. The molecule has 43 heavy (non-hydrogen) atoms. The molecule has 0 saturated heterocycles. The molecule has 0 amide bonds. The van der Waals surface area contributed by atoms with Crippen molar-refractivity contribution in [3.8, 4) is 22.3 Å². The van der Waals surface area contributed by atoms with Gasteiger partial charge in [0, 0.05) is 32.7 Å². The van der Waals surface area contributed by atoms with Gasteiger partial charge in [0.1, 0.15) is 28.4 Å². The molecule has 1 aliphatic rings. The summed E-state index contributed by atoms with van der Waals surface area (Å²) in [6, 6.07) is 38.0. The minimum atomic E-state index is -3.83. The van der Waals surface area contributed by atoms with E-state index in [1.807, 2.05) is 84.9 Å². The van der Waals surface area contributed by atoms with Crippen molar-refractivity contribution in [2.45, 2.75) is 15.9 Å². The van der Waals surface area contributed by atoms with Gasteiger partial charge in [-0.3, -0.25) is 0 Å². The van der Waals surface area contributed by atoms with Crippen LogP contribution in [0, 0.1) is 0 Å². The lowest BCUT2D eigenvalue weighted by molar-refractivity contribution is 0.212. The Labute approximate surface area is 246 Å². The molecule has 0 fully saturated rings. The Kier molecular flexibility index (Phi) is 4.93. The summed E-state index contributed by atoms with van der Waals surface area (Å²) in [6.45, 7) is 0. The van der Waals surface area contributed by atoms with Crippen molar-refractivity contribution in [1.82, 2.24) is 0 Å². The van der Waals surface area contributed by atoms with Crippen LogP contribution in [0.15, 0.2) is 140 Å². The molecule has 2 aromatic heterocycles. The molecule has 8 aromatic rings. The molecule has 206 valence electrons. The van der Waals surface area contributed by atoms with Gasteiger partial charge < -0.3 is 13.9 Å². The van der Waals surface area contributed by atoms with E-state index in [2.05, 4.69) is 0 Å². The quantitative estimate of drug-likeness (QED) is 0.221. The van der Waals surface area contributed by atoms with Crippen LogP contribution in [-0.2, 0) is 9.84 Å². The van der Waals surface area contributed by atoms with Gasteiger partial charge in [-0.15, -0.1) is 0 Å². The highest BCUT2D eigenvalue weighted by molar-refractivity contribution is 7.91. The van der Waals surface area contributed by atoms with Crippen molar-refractivity contribution < 1.29 is 22.4 Å². The molecule has 0 unspecified atom stereocenters. The first-order chi connectivity index (χ1) is 21.0. The fourth-order valence-corrected chi connectivity index (χ4v) is 8.16. The predicted molar refractivity (Wildman–Crippen MR) is 168 cm³/mol. The topological polar surface area (TPSA) is 80.7 Å². The highest BCUT2D eigenvalue weighted by Crippen LogP contribution is 2.44. The molecule has 6 heteroatoms. The average Bonchev–Trinajstić information content (AvgIpc) is 3.60. The smallest absolute Gasteiger partial charge is 0.207 e. The summed E-state index contributed by atoms with van der Waals surface area (Å²) in [5.74, 6) is 0. The van der Waals surface area contributed by atoms with Crippen LogP contribution in [0.5, 0.6) is 0 Å². The first-order valence-corrected chi connectivity index (χ1v) is 15.5. The molecule has 6 aromatic carbocycles. The Balaban J connectivity index is 1.15. The molecule has 1 aliphatic heterocycles. The van der Waals surface area contributed by atoms with E-state index < -0.39 is 15.9 Å². The van der Waals surface area contributed by atoms with E-state index in [4.69, 9.17) is 8.83 Å². The zero-order chi connectivity index (χ0) is 28.9. The summed E-state index contributed by atoms with van der Waals surface area (Å²) in [4.78, 5) is 0.245. The lowest BCUT2D eigenvalue weighted by atomic mass is 9.93. The second-order valence-corrected chi connectivity index (χ2v) is 12.9. The number of hydrogen-bond acceptors (Lipinski definition) is 5. The van der Waals surface area contributed by atoms with E-state index in [9.17, 15) is 13.5 Å². The minimum Gasteiger partial charge on any atom is -0.456 e. The van der Waals surface area contributed by atoms with Gasteiger partial charge in [0.2, 0.25) is 9.84 Å². The number of benzene rings is 6. The molecule has 0 atom stereocenters. The maximum Gasteiger partial charge on any atom is 0.207 e. The molecule has 0 spiro atoms. The average molecular weight is 579 g/mol. The molecule has 0 radical (unpaired) electrons. The largest absolute Gasteiger partial charge is 0.456 e. The van der Waals surface area contributed by atoms with Crippen LogP contribution in [0.25, 0.3) is 66.1 Å². The zero-order valence-electron chi connectivity index (χ0n) is 22.6. The Morgan fingerprint density at radius 1 is 0.465 bits per heavy atom. The van der Waals surface area contributed by atoms with Crippen molar-refractivity contribution in [3.63, 3.8) is 0 Å². The van der Waals surface area contributed by atoms with E-state index in [0.29, 0.717) is 11.1 Å². The normalized spacial score (nSPS) is 14.4. The van der Waals surface area contributed by atoms with Gasteiger partial charge >= 0.3 is 0 Å². The highest BCUT2D eigenvalue weighted by Gasteiger charge is 2.35. The van der Waals surface area contributed by atoms with Crippen molar-refractivity contribution in [1.29, 1.82) is 0 Å². The van der Waals surface area contributed by atoms with Gasteiger partial charge in [-0.2, -0.15) is 0 Å². The maximum absolute atomic E-state index is 13.7. The standard InChI is InChI=1S/C37H22O5S/c38-37-29-17-21(23-9-13-27-25-5-1-3-7-31(25)41-33(27)19-23)11-15-35(29)43(39,40)36-16-12-22(18-30(36)37)24-10-14-28-26-6-2-4-8-32(26)42-34(28)20-24/h1-20,37-38H. The third kappa shape index (κ3) is 3.51. The summed E-state index contributed by atoms with van der Waals surface area (Å²) in [5, 5.41) is 15.7. The van der Waals surface area contributed by atoms with Crippen LogP contribution in [0.4, 0.5) is 0 Å². The lowest BCUT2D eigenvalue weighted by Gasteiger charge is -2.26. The number of fused-ring (bicyclic) bond motifs is 8. The monoisotopic (exact) mass is 578 g/mol. The number of furan rings is 2. The molecule has 1 N–H and O–H groups in total. The van der Waals surface area contributed by atoms with Crippen molar-refractivity contribution in [3.05, 3.63) is 132 Å². The Morgan fingerprint density at radius 3 is 1.35 bits per heavy atom. The summed E-state index contributed by atoms with van der Waals surface area (Å²) in [5.41, 5.74) is 7.19. The van der Waals surface area contributed by atoms with E-state index >= 15 is 0 Å². The van der Waals surface area contributed by atoms with Crippen LogP contribution in [0.1, 0.15) is 17.2 Å². The summed E-state index contributed by atoms with van der Waals surface area (Å²) < 4.78 is 39.6. The van der Waals surface area contributed by atoms with Gasteiger partial charge in [-0.05, 0) is 82.9 Å². The number of rotatable bonds is 2. The van der Waals surface area contributed by atoms with Gasteiger partial charge in [0.05, 0.1) is 9.79 Å². The Hall–Kier alpha value is -5.17. The molecule has 0 aliphatic carbocycles. The van der Waals surface area contributed by atoms with E-state index in [1.54, 1.807) is 36.4 Å². The van der Waals surface area contributed by atoms with Crippen LogP contribution in [0.2, 0.25) is 0 Å². The fourth-order valence-electron chi connectivity index (χ4n) is 6.47. The third-order valence-corrected chi connectivity index (χ3v) is 10.5. The first kappa shape index (κ1) is 24.4. The first-order valence-electron chi connectivity index (χ1n) is 14.0. The molecule has 3 heterocycles. The van der Waals surface area contributed by atoms with Gasteiger partial charge in [0.25, 0.3) is 0 Å². The van der Waals surface area contributed by atoms with Crippen LogP contribution in [-0.4, -0.2) is 13.5 Å². The van der Waals surface area contributed by atoms with Crippen LogP contribution < -0.4 is 0 Å². The molecule has 9 rings (SSSR count). The molecular formula is C37H22O5S. The van der Waals surface area contributed by atoms with Crippen molar-refractivity contribution in [2.75, 3.05) is 0 Å². The second kappa shape index (κ2) is 8.67. The van der Waals surface area contributed by atoms with Crippen molar-refractivity contribution >= 4 is 53.7 Å². The van der Waals surface area contributed by atoms with E-state index in [0.717, 1.165) is 66.1 Å². The molecule has 0 bridgehead atoms. The SMILES string of the molecule is O=S1(=O)c2ccc(-c3ccc4c(c3)oc3ccccc34)cc2C(O)c2cc(-c3ccc4c(c3)oc3ccccc34)ccc21. The summed E-state index contributed by atoms with van der Waals surface area (Å²) in [7, 11) is -3.83. The maximum atomic E-state index is 13.7. The van der Waals surface area contributed by atoms with Crippen LogP contribution in [0.3, 0.4) is 0 Å². The Morgan fingerprint density at radius 2 is 0.860 bits per heavy atom. The molecular weight excluding hydrogens is 556 g/mol. The third-order valence-electron chi connectivity index (χ3n) is 8.61. The van der Waals surface area contributed by atoms with Gasteiger partial charge in [-0.25, -0.2) is 8.42 Å².